The molecule has 0 amide bonds. The van der Waals surface area contributed by atoms with Gasteiger partial charge in [0.15, 0.2) is 0 Å². The first kappa shape index (κ1) is 12.2. The van der Waals surface area contributed by atoms with Crippen molar-refractivity contribution in [2.45, 2.75) is 59.1 Å². The summed E-state index contributed by atoms with van der Waals surface area (Å²) in [5.74, 6) is 0. The zero-order chi connectivity index (χ0) is 9.99. The van der Waals surface area contributed by atoms with E-state index in [0.29, 0.717) is 0 Å². The predicted octanol–water partition coefficient (Wildman–Crippen LogP) is 3.80. The molecule has 0 bridgehead atoms. The standard InChI is InChI=1S/C10H21ClO/c1-7-10(5,6)12-8(11)9(2,3)4/h8H,7H2,1-6H3. The maximum absolute atomic E-state index is 6.10. The summed E-state index contributed by atoms with van der Waals surface area (Å²) < 4.78 is 5.72. The van der Waals surface area contributed by atoms with Crippen LogP contribution in [-0.2, 0) is 4.74 Å². The molecule has 0 fully saturated rings. The zero-order valence-corrected chi connectivity index (χ0v) is 9.83. The van der Waals surface area contributed by atoms with E-state index in [-0.39, 0.29) is 16.6 Å². The van der Waals surface area contributed by atoms with Crippen molar-refractivity contribution in [1.82, 2.24) is 0 Å². The molecule has 1 nitrogen and oxygen atoms in total. The van der Waals surface area contributed by atoms with Gasteiger partial charge in [0, 0.05) is 5.41 Å². The van der Waals surface area contributed by atoms with Gasteiger partial charge in [-0.05, 0) is 20.3 Å². The first-order valence-electron chi connectivity index (χ1n) is 4.51. The topological polar surface area (TPSA) is 9.23 Å². The number of halogens is 1. The third kappa shape index (κ3) is 4.32. The highest BCUT2D eigenvalue weighted by Gasteiger charge is 2.28. The number of ether oxygens (including phenoxy) is 1. The molecule has 0 saturated heterocycles. The predicted molar refractivity (Wildman–Crippen MR) is 54.6 cm³/mol. The van der Waals surface area contributed by atoms with E-state index in [1.165, 1.54) is 0 Å². The third-order valence-corrected chi connectivity index (χ3v) is 2.70. The van der Waals surface area contributed by atoms with Gasteiger partial charge in [0.25, 0.3) is 0 Å². The van der Waals surface area contributed by atoms with Gasteiger partial charge in [-0.25, -0.2) is 0 Å². The Morgan fingerprint density at radius 1 is 1.17 bits per heavy atom. The molecule has 0 spiro atoms. The molecule has 0 heterocycles. The van der Waals surface area contributed by atoms with Gasteiger partial charge in [0.05, 0.1) is 5.60 Å². The van der Waals surface area contributed by atoms with Crippen molar-refractivity contribution in [2.75, 3.05) is 0 Å². The average molecular weight is 193 g/mol. The van der Waals surface area contributed by atoms with E-state index < -0.39 is 0 Å². The van der Waals surface area contributed by atoms with Crippen molar-refractivity contribution in [1.29, 1.82) is 0 Å². The van der Waals surface area contributed by atoms with Crippen LogP contribution in [0.25, 0.3) is 0 Å². The largest absolute Gasteiger partial charge is 0.356 e. The van der Waals surface area contributed by atoms with Crippen LogP contribution in [0, 0.1) is 5.41 Å². The van der Waals surface area contributed by atoms with E-state index in [1.807, 2.05) is 0 Å². The minimum atomic E-state index is -0.215. The maximum atomic E-state index is 6.10. The smallest absolute Gasteiger partial charge is 0.136 e. The minimum absolute atomic E-state index is 0.00793. The van der Waals surface area contributed by atoms with E-state index in [2.05, 4.69) is 41.5 Å². The molecule has 0 aromatic heterocycles. The Morgan fingerprint density at radius 3 is 1.83 bits per heavy atom. The quantitative estimate of drug-likeness (QED) is 0.619. The molecule has 0 radical (unpaired) electrons. The van der Waals surface area contributed by atoms with Crippen LogP contribution in [0.5, 0.6) is 0 Å². The molecule has 0 saturated carbocycles. The highest BCUT2D eigenvalue weighted by molar-refractivity contribution is 6.20. The molecule has 74 valence electrons. The van der Waals surface area contributed by atoms with Gasteiger partial charge in [-0.2, -0.15) is 0 Å². The average Bonchev–Trinajstić information content (AvgIpc) is 1.85. The van der Waals surface area contributed by atoms with Gasteiger partial charge in [0.1, 0.15) is 5.56 Å². The van der Waals surface area contributed by atoms with Crippen LogP contribution in [0.4, 0.5) is 0 Å². The first-order chi connectivity index (χ1) is 5.19. The molecule has 0 aromatic carbocycles. The molecule has 0 aromatic rings. The van der Waals surface area contributed by atoms with E-state index in [9.17, 15) is 0 Å². The molecule has 2 heteroatoms. The lowest BCUT2D eigenvalue weighted by Crippen LogP contribution is -2.34. The van der Waals surface area contributed by atoms with Crippen molar-refractivity contribution in [2.24, 2.45) is 5.41 Å². The van der Waals surface area contributed by atoms with Gasteiger partial charge >= 0.3 is 0 Å². The van der Waals surface area contributed by atoms with Crippen LogP contribution in [0.3, 0.4) is 0 Å². The summed E-state index contributed by atoms with van der Waals surface area (Å²) in [7, 11) is 0. The second-order valence-electron chi connectivity index (χ2n) is 4.91. The Labute approximate surface area is 81.4 Å². The van der Waals surface area contributed by atoms with Crippen LogP contribution < -0.4 is 0 Å². The van der Waals surface area contributed by atoms with E-state index in [0.717, 1.165) is 6.42 Å². The summed E-state index contributed by atoms with van der Waals surface area (Å²) in [5.41, 5.74) is -0.319. The summed E-state index contributed by atoms with van der Waals surface area (Å²) in [6.07, 6.45) is 0.978. The Bertz CT molecular complexity index is 135. The summed E-state index contributed by atoms with van der Waals surface area (Å²) in [4.78, 5) is 0. The second kappa shape index (κ2) is 3.97. The van der Waals surface area contributed by atoms with Crippen molar-refractivity contribution in [3.8, 4) is 0 Å². The summed E-state index contributed by atoms with van der Waals surface area (Å²) in [5, 5.41) is 0. The van der Waals surface area contributed by atoms with Gasteiger partial charge in [0.2, 0.25) is 0 Å². The molecule has 0 aliphatic carbocycles. The van der Waals surface area contributed by atoms with Crippen LogP contribution in [0.1, 0.15) is 48.0 Å². The van der Waals surface area contributed by atoms with Crippen molar-refractivity contribution in [3.05, 3.63) is 0 Å². The van der Waals surface area contributed by atoms with E-state index in [1.54, 1.807) is 0 Å². The number of rotatable bonds is 3. The summed E-state index contributed by atoms with van der Waals surface area (Å²) >= 11 is 6.10. The number of hydrogen-bond acceptors (Lipinski definition) is 1. The monoisotopic (exact) mass is 192 g/mol. The van der Waals surface area contributed by atoms with Crippen molar-refractivity contribution < 1.29 is 4.74 Å². The molecule has 12 heavy (non-hydrogen) atoms. The molecule has 1 unspecified atom stereocenters. The Balaban J connectivity index is 4.09. The third-order valence-electron chi connectivity index (χ3n) is 1.95. The van der Waals surface area contributed by atoms with Gasteiger partial charge < -0.3 is 4.74 Å². The molecule has 1 atom stereocenters. The van der Waals surface area contributed by atoms with Crippen LogP contribution in [-0.4, -0.2) is 11.2 Å². The Morgan fingerprint density at radius 2 is 1.58 bits per heavy atom. The lowest BCUT2D eigenvalue weighted by atomic mass is 9.97. The lowest BCUT2D eigenvalue weighted by Gasteiger charge is -2.33. The van der Waals surface area contributed by atoms with Gasteiger partial charge in [-0.1, -0.05) is 39.3 Å². The van der Waals surface area contributed by atoms with E-state index >= 15 is 0 Å². The van der Waals surface area contributed by atoms with Crippen LogP contribution in [0.15, 0.2) is 0 Å². The first-order valence-corrected chi connectivity index (χ1v) is 4.94. The Kier molecular flexibility index (Phi) is 4.05. The van der Waals surface area contributed by atoms with Gasteiger partial charge in [-0.3, -0.25) is 0 Å². The fourth-order valence-electron chi connectivity index (χ4n) is 0.540. The highest BCUT2D eigenvalue weighted by atomic mass is 35.5. The Hall–Kier alpha value is 0.250. The normalized spacial score (nSPS) is 16.2. The second-order valence-corrected chi connectivity index (χ2v) is 5.31. The molecule has 0 N–H and O–H groups in total. The molecule has 0 rings (SSSR count). The number of hydrogen-bond donors (Lipinski definition) is 0. The fourth-order valence-corrected chi connectivity index (χ4v) is 0.781. The molecular formula is C10H21ClO. The molecular weight excluding hydrogens is 172 g/mol. The molecule has 0 aliphatic rings. The van der Waals surface area contributed by atoms with Crippen LogP contribution in [0.2, 0.25) is 0 Å². The lowest BCUT2D eigenvalue weighted by molar-refractivity contribution is -0.0756. The SMILES string of the molecule is CCC(C)(C)OC(Cl)C(C)(C)C. The molecule has 0 aliphatic heterocycles. The van der Waals surface area contributed by atoms with E-state index in [4.69, 9.17) is 16.3 Å². The van der Waals surface area contributed by atoms with Crippen LogP contribution >= 0.6 is 11.6 Å². The maximum Gasteiger partial charge on any atom is 0.136 e. The highest BCUT2D eigenvalue weighted by Crippen LogP contribution is 2.30. The summed E-state index contributed by atoms with van der Waals surface area (Å²) in [6, 6.07) is 0. The fraction of sp³-hybridized carbons (Fsp3) is 1.00. The van der Waals surface area contributed by atoms with Gasteiger partial charge in [-0.15, -0.1) is 0 Å². The minimum Gasteiger partial charge on any atom is -0.356 e. The summed E-state index contributed by atoms with van der Waals surface area (Å²) in [6.45, 7) is 12.5. The number of alkyl halides is 1. The zero-order valence-electron chi connectivity index (χ0n) is 9.07. The van der Waals surface area contributed by atoms with Crippen molar-refractivity contribution in [3.63, 3.8) is 0 Å². The van der Waals surface area contributed by atoms with Crippen molar-refractivity contribution >= 4 is 11.6 Å².